The Kier molecular flexibility index (Phi) is 6.72. The van der Waals surface area contributed by atoms with E-state index in [1.165, 1.54) is 0 Å². The Morgan fingerprint density at radius 1 is 1.28 bits per heavy atom. The highest BCUT2D eigenvalue weighted by Crippen LogP contribution is 2.18. The summed E-state index contributed by atoms with van der Waals surface area (Å²) in [5.74, 6) is 0.450. The minimum absolute atomic E-state index is 0.0892. The predicted molar refractivity (Wildman–Crippen MR) is 71.1 cm³/mol. The van der Waals surface area contributed by atoms with E-state index in [4.69, 9.17) is 0 Å². The van der Waals surface area contributed by atoms with Gasteiger partial charge in [-0.2, -0.15) is 0 Å². The van der Waals surface area contributed by atoms with E-state index in [1.807, 2.05) is 18.9 Å². The molecule has 0 aliphatic carbocycles. The third kappa shape index (κ3) is 4.64. The first-order valence-corrected chi connectivity index (χ1v) is 6.89. The van der Waals surface area contributed by atoms with Crippen LogP contribution in [-0.2, 0) is 9.59 Å². The van der Waals surface area contributed by atoms with Crippen LogP contribution >= 0.6 is 0 Å². The quantitative estimate of drug-likeness (QED) is 0.674. The summed E-state index contributed by atoms with van der Waals surface area (Å²) in [6.45, 7) is 4.93. The third-order valence-electron chi connectivity index (χ3n) is 3.39. The summed E-state index contributed by atoms with van der Waals surface area (Å²) in [5, 5.41) is 5.89. The van der Waals surface area contributed by atoms with Crippen LogP contribution in [0, 0.1) is 5.92 Å². The molecule has 2 N–H and O–H groups in total. The highest BCUT2D eigenvalue weighted by Gasteiger charge is 2.26. The van der Waals surface area contributed by atoms with E-state index in [-0.39, 0.29) is 17.7 Å². The molecule has 0 spiro atoms. The molecule has 0 aromatic rings. The van der Waals surface area contributed by atoms with Gasteiger partial charge >= 0.3 is 0 Å². The summed E-state index contributed by atoms with van der Waals surface area (Å²) in [4.78, 5) is 25.4. The van der Waals surface area contributed by atoms with Crippen LogP contribution in [0.1, 0.15) is 32.6 Å². The molecule has 0 radical (unpaired) electrons. The molecule has 0 saturated carbocycles. The van der Waals surface area contributed by atoms with Gasteiger partial charge in [0.1, 0.15) is 0 Å². The highest BCUT2D eigenvalue weighted by atomic mass is 16.2. The van der Waals surface area contributed by atoms with Crippen molar-refractivity contribution in [3.63, 3.8) is 0 Å². The number of carbonyl (C=O) groups excluding carboxylic acids is 2. The van der Waals surface area contributed by atoms with E-state index in [0.29, 0.717) is 13.0 Å². The van der Waals surface area contributed by atoms with Gasteiger partial charge in [-0.3, -0.25) is 9.59 Å². The maximum Gasteiger partial charge on any atom is 0.223 e. The SMILES string of the molecule is CCNC(=O)C1CCN(C(=O)CCCNC)CC1. The van der Waals surface area contributed by atoms with Crippen LogP contribution in [0.5, 0.6) is 0 Å². The lowest BCUT2D eigenvalue weighted by molar-refractivity contribution is -0.135. The zero-order valence-electron chi connectivity index (χ0n) is 11.5. The number of hydrogen-bond acceptors (Lipinski definition) is 3. The molecule has 0 atom stereocenters. The number of hydrogen-bond donors (Lipinski definition) is 2. The maximum atomic E-state index is 11.9. The summed E-state index contributed by atoms with van der Waals surface area (Å²) in [7, 11) is 1.89. The summed E-state index contributed by atoms with van der Waals surface area (Å²) < 4.78 is 0. The van der Waals surface area contributed by atoms with Gasteiger partial charge in [-0.05, 0) is 39.8 Å². The van der Waals surface area contributed by atoms with Crippen molar-refractivity contribution in [3.05, 3.63) is 0 Å². The first kappa shape index (κ1) is 15.0. The van der Waals surface area contributed by atoms with E-state index in [2.05, 4.69) is 10.6 Å². The smallest absolute Gasteiger partial charge is 0.223 e. The van der Waals surface area contributed by atoms with Gasteiger partial charge in [0, 0.05) is 32.0 Å². The van der Waals surface area contributed by atoms with Gasteiger partial charge in [-0.15, -0.1) is 0 Å². The molecule has 1 saturated heterocycles. The second-order valence-electron chi connectivity index (χ2n) is 4.76. The molecule has 104 valence electrons. The topological polar surface area (TPSA) is 61.4 Å². The molecule has 0 unspecified atom stereocenters. The maximum absolute atomic E-state index is 11.9. The van der Waals surface area contributed by atoms with E-state index < -0.39 is 0 Å². The van der Waals surface area contributed by atoms with Crippen molar-refractivity contribution in [2.75, 3.05) is 33.2 Å². The van der Waals surface area contributed by atoms with Crippen LogP contribution in [0.4, 0.5) is 0 Å². The molecule has 1 rings (SSSR count). The number of carbonyl (C=O) groups is 2. The van der Waals surface area contributed by atoms with E-state index in [0.717, 1.165) is 38.9 Å². The molecule has 1 fully saturated rings. The van der Waals surface area contributed by atoms with Crippen molar-refractivity contribution in [2.45, 2.75) is 32.6 Å². The summed E-state index contributed by atoms with van der Waals surface area (Å²) in [6, 6.07) is 0. The average Bonchev–Trinajstić information content (AvgIpc) is 2.39. The summed E-state index contributed by atoms with van der Waals surface area (Å²) in [5.41, 5.74) is 0. The number of nitrogens with zero attached hydrogens (tertiary/aromatic N) is 1. The van der Waals surface area contributed by atoms with Gasteiger partial charge in [-0.25, -0.2) is 0 Å². The van der Waals surface area contributed by atoms with E-state index in [1.54, 1.807) is 0 Å². The summed E-state index contributed by atoms with van der Waals surface area (Å²) in [6.07, 6.45) is 3.07. The molecule has 1 aliphatic rings. The summed E-state index contributed by atoms with van der Waals surface area (Å²) >= 11 is 0. The van der Waals surface area contributed by atoms with Crippen molar-refractivity contribution in [3.8, 4) is 0 Å². The van der Waals surface area contributed by atoms with E-state index >= 15 is 0 Å². The van der Waals surface area contributed by atoms with Gasteiger partial charge in [-0.1, -0.05) is 0 Å². The number of rotatable bonds is 6. The number of likely N-dealkylation sites (tertiary alicyclic amines) is 1. The molecule has 1 aliphatic heterocycles. The van der Waals surface area contributed by atoms with Crippen molar-refractivity contribution in [1.82, 2.24) is 15.5 Å². The highest BCUT2D eigenvalue weighted by molar-refractivity contribution is 5.80. The van der Waals surface area contributed by atoms with Gasteiger partial charge in [0.05, 0.1) is 0 Å². The molecule has 2 amide bonds. The fraction of sp³-hybridized carbons (Fsp3) is 0.846. The molecule has 1 heterocycles. The van der Waals surface area contributed by atoms with Crippen LogP contribution < -0.4 is 10.6 Å². The molecule has 5 heteroatoms. The third-order valence-corrected chi connectivity index (χ3v) is 3.39. The largest absolute Gasteiger partial charge is 0.356 e. The Morgan fingerprint density at radius 3 is 2.50 bits per heavy atom. The Morgan fingerprint density at radius 2 is 1.94 bits per heavy atom. The van der Waals surface area contributed by atoms with Crippen LogP contribution in [-0.4, -0.2) is 49.9 Å². The monoisotopic (exact) mass is 255 g/mol. The molecule has 0 aromatic carbocycles. The second-order valence-corrected chi connectivity index (χ2v) is 4.76. The zero-order valence-corrected chi connectivity index (χ0v) is 11.5. The zero-order chi connectivity index (χ0) is 13.4. The lowest BCUT2D eigenvalue weighted by Crippen LogP contribution is -2.43. The van der Waals surface area contributed by atoms with Gasteiger partial charge < -0.3 is 15.5 Å². The van der Waals surface area contributed by atoms with E-state index in [9.17, 15) is 9.59 Å². The van der Waals surface area contributed by atoms with Crippen molar-refractivity contribution in [2.24, 2.45) is 5.92 Å². The first-order valence-electron chi connectivity index (χ1n) is 6.89. The fourth-order valence-corrected chi connectivity index (χ4v) is 2.28. The van der Waals surface area contributed by atoms with Crippen LogP contribution in [0.2, 0.25) is 0 Å². The molecule has 5 nitrogen and oxygen atoms in total. The Bertz CT molecular complexity index is 273. The standard InChI is InChI=1S/C13H25N3O2/c1-3-15-13(18)11-6-9-16(10-7-11)12(17)5-4-8-14-2/h11,14H,3-10H2,1-2H3,(H,15,18). The van der Waals surface area contributed by atoms with Crippen LogP contribution in [0.3, 0.4) is 0 Å². The van der Waals surface area contributed by atoms with Gasteiger partial charge in [0.15, 0.2) is 0 Å². The normalized spacial score (nSPS) is 16.7. The first-order chi connectivity index (χ1) is 8.69. The average molecular weight is 255 g/mol. The second kappa shape index (κ2) is 8.08. The number of amides is 2. The number of nitrogens with one attached hydrogen (secondary N) is 2. The lowest BCUT2D eigenvalue weighted by Gasteiger charge is -2.31. The molecular weight excluding hydrogens is 230 g/mol. The lowest BCUT2D eigenvalue weighted by atomic mass is 9.95. The predicted octanol–water partition coefficient (Wildman–Crippen LogP) is 0.361. The van der Waals surface area contributed by atoms with Gasteiger partial charge in [0.25, 0.3) is 0 Å². The molecule has 0 bridgehead atoms. The molecule has 0 aromatic heterocycles. The van der Waals surface area contributed by atoms with Crippen molar-refractivity contribution >= 4 is 11.8 Å². The fourth-order valence-electron chi connectivity index (χ4n) is 2.28. The number of piperidine rings is 1. The Labute approximate surface area is 109 Å². The van der Waals surface area contributed by atoms with Crippen LogP contribution in [0.25, 0.3) is 0 Å². The minimum atomic E-state index is 0.0892. The molecular formula is C13H25N3O2. The Hall–Kier alpha value is -1.10. The minimum Gasteiger partial charge on any atom is -0.356 e. The van der Waals surface area contributed by atoms with Crippen molar-refractivity contribution in [1.29, 1.82) is 0 Å². The molecule has 18 heavy (non-hydrogen) atoms. The Balaban J connectivity index is 2.26. The van der Waals surface area contributed by atoms with Crippen LogP contribution in [0.15, 0.2) is 0 Å². The van der Waals surface area contributed by atoms with Crippen molar-refractivity contribution < 1.29 is 9.59 Å². The van der Waals surface area contributed by atoms with Gasteiger partial charge in [0.2, 0.25) is 11.8 Å².